The van der Waals surface area contributed by atoms with Crippen molar-refractivity contribution in [3.63, 3.8) is 0 Å². The molecule has 49 heavy (non-hydrogen) atoms. The predicted molar refractivity (Wildman–Crippen MR) is 134 cm³/mol. The molecule has 0 saturated heterocycles. The molecule has 282 valence electrons. The summed E-state index contributed by atoms with van der Waals surface area (Å²) < 4.78 is 212. The van der Waals surface area contributed by atoms with Crippen LogP contribution in [0.1, 0.15) is 0 Å². The van der Waals surface area contributed by atoms with Crippen LogP contribution in [0.15, 0.2) is 91.0 Å². The van der Waals surface area contributed by atoms with Gasteiger partial charge in [-0.1, -0.05) is 0 Å². The average Bonchev–Trinajstić information content (AvgIpc) is 2.86. The van der Waals surface area contributed by atoms with Gasteiger partial charge in [0.25, 0.3) is 0 Å². The van der Waals surface area contributed by atoms with Gasteiger partial charge in [-0.15, -0.1) is 0 Å². The first-order chi connectivity index (χ1) is 21.8. The van der Waals surface area contributed by atoms with E-state index in [1.54, 1.807) is 54.6 Å². The molecule has 3 rings (SSSR count). The molecule has 3 aromatic rings. The topological polar surface area (TPSA) is 324 Å². The fraction of sp³-hybridized carbons (Fsp3) is 0.0526. The quantitative estimate of drug-likeness (QED) is 0.158. The minimum atomic E-state index is -6.35. The van der Waals surface area contributed by atoms with E-state index in [0.717, 1.165) is 7.11 Å². The predicted octanol–water partition coefficient (Wildman–Crippen LogP) is -5.30. The van der Waals surface area contributed by atoms with Crippen LogP contribution in [-0.2, 0) is 21.1 Å². The van der Waals surface area contributed by atoms with Gasteiger partial charge >= 0.3 is 311 Å². The zero-order valence-electron chi connectivity index (χ0n) is 23.5. The van der Waals surface area contributed by atoms with Gasteiger partial charge in [-0.2, -0.15) is 0 Å². The Kier molecular flexibility index (Phi) is 28.2. The molecule has 30 heteroatoms. The van der Waals surface area contributed by atoms with E-state index in [2.05, 4.69) is 12.1 Å². The summed E-state index contributed by atoms with van der Waals surface area (Å²) in [4.78, 5) is 0. The first kappa shape index (κ1) is 53.3. The number of halogens is 6. The van der Waals surface area contributed by atoms with Crippen molar-refractivity contribution < 1.29 is 74.1 Å². The van der Waals surface area contributed by atoms with E-state index < -0.39 is 121 Å². The Morgan fingerprint density at radius 1 is 0.388 bits per heavy atom. The number of hydrogen-bond donors (Lipinski definition) is 0. The Bertz CT molecular complexity index is 1410. The molecule has 0 aliphatic carbocycles. The fourth-order valence-electron chi connectivity index (χ4n) is 1.82. The Labute approximate surface area is 306 Å². The zero-order valence-corrected chi connectivity index (χ0v) is 38.8. The Balaban J connectivity index is -0.000000537. The third-order valence-electron chi connectivity index (χ3n) is 3.09. The van der Waals surface area contributed by atoms with E-state index >= 15 is 0 Å². The molecule has 0 aliphatic rings. The first-order valence-electron chi connectivity index (χ1n) is 11.1. The van der Waals surface area contributed by atoms with Crippen LogP contribution >= 0.6 is 0 Å². The summed E-state index contributed by atoms with van der Waals surface area (Å²) in [7, 11) is 0.797. The summed E-state index contributed by atoms with van der Waals surface area (Å²) in [5.74, 6) is 0.0583. The summed E-state index contributed by atoms with van der Waals surface area (Å²) in [6.07, 6.45) is 0. The molecule has 0 aliphatic heterocycles. The normalized spacial score (nSPS) is 15.2. The second-order valence-corrected chi connectivity index (χ2v) is 24.3. The molecule has 4 unspecified atom stereocenters. The van der Waals surface area contributed by atoms with Crippen LogP contribution in [-0.4, -0.2) is 128 Å². The third-order valence-corrected chi connectivity index (χ3v) is 8.01. The van der Waals surface area contributed by atoms with E-state index in [0.29, 0.717) is 0 Å². The van der Waals surface area contributed by atoms with Crippen molar-refractivity contribution in [3.8, 4) is 17.2 Å². The Morgan fingerprint density at radius 3 is 0.633 bits per heavy atom. The van der Waals surface area contributed by atoms with E-state index in [9.17, 15) is 42.5 Å². The third kappa shape index (κ3) is 57.6. The van der Waals surface area contributed by atoms with Crippen molar-refractivity contribution in [1.82, 2.24) is 0 Å². The van der Waals surface area contributed by atoms with Gasteiger partial charge < -0.3 is 0 Å². The summed E-state index contributed by atoms with van der Waals surface area (Å²) >= 11 is -36.3. The molecule has 0 saturated carbocycles. The maximum absolute atomic E-state index is 11.9. The van der Waals surface area contributed by atoms with Crippen molar-refractivity contribution >= 4 is 121 Å². The van der Waals surface area contributed by atoms with Crippen LogP contribution in [0.4, 0.5) is 16.9 Å². The van der Waals surface area contributed by atoms with Gasteiger partial charge in [0.15, 0.2) is 0 Å². The van der Waals surface area contributed by atoms with Crippen LogP contribution in [0.5, 0.6) is 17.2 Å². The van der Waals surface area contributed by atoms with Crippen LogP contribution < -0.4 is 36.1 Å². The van der Waals surface area contributed by atoms with Gasteiger partial charge in [0.05, 0.1) is 0 Å². The van der Waals surface area contributed by atoms with Gasteiger partial charge in [0.2, 0.25) is 0 Å². The van der Waals surface area contributed by atoms with Crippen molar-refractivity contribution in [2.75, 3.05) is 7.11 Å². The molecule has 0 aromatic heterocycles. The monoisotopic (exact) mass is 1370 g/mol. The van der Waals surface area contributed by atoms with Gasteiger partial charge in [0.1, 0.15) is 0 Å². The molecule has 0 N–H and O–H groups in total. The Morgan fingerprint density at radius 2 is 0.531 bits per heavy atom. The number of para-hydroxylation sites is 3. The minimum absolute atomic E-state index is 0.0194. The SMILES string of the molecule is C[O][Sb](=[O])([O-])[F].[O]=[Sb]([O-])([F])[O]c1ccccc1.[O]=[Sb]([O-])([F])[O]c1ccccc1.[O]=[Sb]([O-])([F])[O]c1ccccc1.[O]=[Sb]([O-])([O-])[F].[O]=[Sb]([O-])([O-])[F]. The second-order valence-electron chi connectivity index (χ2n) is 6.98. The van der Waals surface area contributed by atoms with Crippen molar-refractivity contribution in [2.45, 2.75) is 0 Å². The van der Waals surface area contributed by atoms with Gasteiger partial charge in [-0.3, -0.25) is 0 Å². The first-order valence-corrected chi connectivity index (χ1v) is 35.6. The molecule has 0 fully saturated rings. The van der Waals surface area contributed by atoms with Crippen LogP contribution in [0.25, 0.3) is 0 Å². The molecule has 3 aromatic carbocycles. The average molecular weight is 1380 g/mol. The summed E-state index contributed by atoms with van der Waals surface area (Å²) in [5.41, 5.74) is 0. The van der Waals surface area contributed by atoms with Gasteiger partial charge in [-0.25, -0.2) is 0 Å². The van der Waals surface area contributed by atoms with Crippen LogP contribution in [0, 0.1) is 0 Å². The van der Waals surface area contributed by atoms with E-state index in [1.165, 1.54) is 36.4 Å². The molecule has 0 amide bonds. The molecule has 0 heterocycles. The standard InChI is InChI=1S/3C6H6O.CH3O.6FH.14O.6Sb/c3*7-6-4-2-1-3-5-6;1-2;;;;;;;;;;;;;;;;;;;;;;;;;;/h3*1-5,7H;1H3;6*1H;;;;;;;;;;;;;;;;;;;;/q;;;-1;;;;;;;;;;;;;8*-1;2*+1;4*+2/p-9. The molecule has 0 radical (unpaired) electrons. The summed E-state index contributed by atoms with van der Waals surface area (Å²) in [6.45, 7) is 0. The van der Waals surface area contributed by atoms with Gasteiger partial charge in [0, 0.05) is 0 Å². The molecule has 0 spiro atoms. The number of rotatable bonds is 7. The molecule has 4 atom stereocenters. The van der Waals surface area contributed by atoms with Crippen molar-refractivity contribution in [1.29, 1.82) is 0 Å². The second kappa shape index (κ2) is 25.9. The van der Waals surface area contributed by atoms with Gasteiger partial charge in [-0.05, 0) is 0 Å². The van der Waals surface area contributed by atoms with Crippen LogP contribution in [0.3, 0.4) is 0 Å². The molecule has 0 bridgehead atoms. The zero-order chi connectivity index (χ0) is 39.2. The maximum atomic E-state index is 11.9. The van der Waals surface area contributed by atoms with Crippen molar-refractivity contribution in [2.24, 2.45) is 0 Å². The number of benzene rings is 3. The Hall–Kier alpha value is -0.0109. The number of hydrogen-bond acceptors (Lipinski definition) is 18. The summed E-state index contributed by atoms with van der Waals surface area (Å²) in [6, 6.07) is 22.6. The van der Waals surface area contributed by atoms with Crippen molar-refractivity contribution in [3.05, 3.63) is 91.0 Å². The molecular formula is C19H18F6O18Sb6-8. The van der Waals surface area contributed by atoms with Crippen LogP contribution in [0.2, 0.25) is 0 Å². The van der Waals surface area contributed by atoms with E-state index in [1.807, 2.05) is 0 Å². The fourth-order valence-corrected chi connectivity index (χ4v) is 5.02. The van der Waals surface area contributed by atoms with E-state index in [4.69, 9.17) is 19.6 Å². The summed E-state index contributed by atoms with van der Waals surface area (Å²) in [5, 5.41) is 0. The molecular weight excluding hydrogens is 1360 g/mol. The van der Waals surface area contributed by atoms with E-state index in [-0.39, 0.29) is 17.2 Å². The molecule has 18 nitrogen and oxygen atoms in total.